The highest BCUT2D eigenvalue weighted by atomic mass is 16.5. The van der Waals surface area contributed by atoms with E-state index >= 15 is 0 Å². The Morgan fingerprint density at radius 1 is 0.917 bits per heavy atom. The fourth-order valence-electron chi connectivity index (χ4n) is 5.59. The average molecular weight is 505 g/mol. The Hall–Kier alpha value is -1.47. The van der Waals surface area contributed by atoms with Crippen molar-refractivity contribution < 1.29 is 9.53 Å². The van der Waals surface area contributed by atoms with Crippen molar-refractivity contribution >= 4 is 5.97 Å². The third-order valence-electron chi connectivity index (χ3n) is 7.04. The lowest BCUT2D eigenvalue weighted by Gasteiger charge is -2.45. The van der Waals surface area contributed by atoms with E-state index in [1.807, 2.05) is 30.3 Å². The molecule has 2 atom stereocenters. The van der Waals surface area contributed by atoms with Crippen molar-refractivity contribution in [3.8, 4) is 0 Å². The Labute approximate surface area is 222 Å². The van der Waals surface area contributed by atoms with Crippen LogP contribution in [0.15, 0.2) is 30.3 Å². The van der Waals surface area contributed by atoms with Gasteiger partial charge in [0.05, 0.1) is 0 Å². The number of nitrogens with one attached hydrogen (secondary N) is 2. The molecule has 2 unspecified atom stereocenters. The molecule has 208 valence electrons. The molecule has 4 N–H and O–H groups in total. The number of carbonyl (C=O) groups excluding carboxylic acids is 1. The van der Waals surface area contributed by atoms with Crippen LogP contribution in [0.2, 0.25) is 0 Å². The zero-order chi connectivity index (χ0) is 28.0. The molecule has 0 bridgehead atoms. The van der Waals surface area contributed by atoms with E-state index in [0.29, 0.717) is 12.3 Å². The maximum atomic E-state index is 12.7. The van der Waals surface area contributed by atoms with Gasteiger partial charge in [0.1, 0.15) is 12.1 Å². The normalized spacial score (nSPS) is 16.1. The van der Waals surface area contributed by atoms with Crippen LogP contribution in [0.5, 0.6) is 0 Å². The smallest absolute Gasteiger partial charge is 0.326 e. The molecule has 1 aromatic carbocycles. The molecule has 0 aliphatic heterocycles. The minimum atomic E-state index is -1.07. The molecule has 0 heterocycles. The predicted molar refractivity (Wildman–Crippen MR) is 153 cm³/mol. The molecule has 6 nitrogen and oxygen atoms in total. The van der Waals surface area contributed by atoms with Crippen LogP contribution in [0.1, 0.15) is 94.1 Å². The summed E-state index contributed by atoms with van der Waals surface area (Å²) in [6, 6.07) is 9.68. The first-order chi connectivity index (χ1) is 16.2. The largest absolute Gasteiger partial charge is 0.459 e. The lowest BCUT2D eigenvalue weighted by molar-refractivity contribution is -0.151. The van der Waals surface area contributed by atoms with Crippen LogP contribution in [0.3, 0.4) is 0 Å². The summed E-state index contributed by atoms with van der Waals surface area (Å²) >= 11 is 0. The number of hydrogen-bond acceptors (Lipinski definition) is 6. The van der Waals surface area contributed by atoms with Gasteiger partial charge in [0.25, 0.3) is 0 Å². The van der Waals surface area contributed by atoms with Crippen molar-refractivity contribution in [2.45, 2.75) is 123 Å². The number of nitrogens with zero attached hydrogens (tertiary/aromatic N) is 1. The molecular weight excluding hydrogens is 448 g/mol. The summed E-state index contributed by atoms with van der Waals surface area (Å²) in [5, 5.41) is 7.58. The minimum absolute atomic E-state index is 0.00512. The number of hydrogen-bond donors (Lipinski definition) is 3. The van der Waals surface area contributed by atoms with Crippen LogP contribution in [0.4, 0.5) is 0 Å². The van der Waals surface area contributed by atoms with Crippen molar-refractivity contribution in [1.82, 2.24) is 15.5 Å². The number of esters is 1. The maximum absolute atomic E-state index is 12.7. The van der Waals surface area contributed by atoms with Gasteiger partial charge in [-0.15, -0.1) is 0 Å². The lowest BCUT2D eigenvalue weighted by atomic mass is 9.82. The van der Waals surface area contributed by atoms with Crippen molar-refractivity contribution in [1.29, 1.82) is 0 Å². The summed E-state index contributed by atoms with van der Waals surface area (Å²) in [4.78, 5) is 15.0. The molecule has 0 saturated heterocycles. The van der Waals surface area contributed by atoms with Gasteiger partial charge in [0.2, 0.25) is 0 Å². The first-order valence-electron chi connectivity index (χ1n) is 13.4. The van der Waals surface area contributed by atoms with Crippen molar-refractivity contribution in [3.05, 3.63) is 35.9 Å². The van der Waals surface area contributed by atoms with Crippen LogP contribution in [0, 0.1) is 5.92 Å². The van der Waals surface area contributed by atoms with Gasteiger partial charge in [0.15, 0.2) is 0 Å². The molecule has 6 heteroatoms. The molecular formula is C30H56N4O2. The first kappa shape index (κ1) is 32.6. The summed E-state index contributed by atoms with van der Waals surface area (Å²) in [5.41, 5.74) is 6.11. The second-order valence-corrected chi connectivity index (χ2v) is 14.0. The Bertz CT molecular complexity index is 813. The quantitative estimate of drug-likeness (QED) is 0.288. The number of benzene rings is 1. The van der Waals surface area contributed by atoms with E-state index in [1.54, 1.807) is 6.92 Å². The van der Waals surface area contributed by atoms with Gasteiger partial charge in [-0.2, -0.15) is 0 Å². The molecule has 1 rings (SSSR count). The van der Waals surface area contributed by atoms with Crippen LogP contribution in [0.25, 0.3) is 0 Å². The van der Waals surface area contributed by atoms with Gasteiger partial charge in [-0.25, -0.2) is 0 Å². The average Bonchev–Trinajstić information content (AvgIpc) is 2.68. The Morgan fingerprint density at radius 3 is 2.00 bits per heavy atom. The van der Waals surface area contributed by atoms with E-state index in [0.717, 1.165) is 24.9 Å². The van der Waals surface area contributed by atoms with E-state index in [-0.39, 0.29) is 34.7 Å². The van der Waals surface area contributed by atoms with Gasteiger partial charge in [0, 0.05) is 22.2 Å². The highest BCUT2D eigenvalue weighted by Crippen LogP contribution is 2.28. The molecule has 0 spiro atoms. The summed E-state index contributed by atoms with van der Waals surface area (Å²) < 4.78 is 5.52. The molecule has 0 aliphatic rings. The van der Waals surface area contributed by atoms with E-state index in [4.69, 9.17) is 10.5 Å². The number of rotatable bonds is 15. The minimum Gasteiger partial charge on any atom is -0.459 e. The fourth-order valence-corrected chi connectivity index (χ4v) is 5.59. The molecule has 0 saturated carbocycles. The van der Waals surface area contributed by atoms with Crippen LogP contribution in [-0.4, -0.2) is 59.2 Å². The molecule has 0 fully saturated rings. The summed E-state index contributed by atoms with van der Waals surface area (Å²) in [5.74, 6) is 0.0704. The molecule has 0 amide bonds. The van der Waals surface area contributed by atoms with Gasteiger partial charge < -0.3 is 26.0 Å². The third-order valence-corrected chi connectivity index (χ3v) is 7.04. The zero-order valence-corrected chi connectivity index (χ0v) is 25.3. The second kappa shape index (κ2) is 12.4. The van der Waals surface area contributed by atoms with E-state index < -0.39 is 5.54 Å². The topological polar surface area (TPSA) is 79.6 Å². The standard InChI is InChI=1S/C30H56N4O2/c1-23(18-26(2,3)33-28(6,7)21-29(8,9)34(11)12)19-32-27(4,5)22-30(10,31)25(35)36-20-24-16-14-13-15-17-24/h13-17,23,32-33H,18-22,31H2,1-12H3. The highest BCUT2D eigenvalue weighted by molar-refractivity contribution is 5.80. The van der Waals surface area contributed by atoms with Gasteiger partial charge in [-0.3, -0.25) is 4.79 Å². The second-order valence-electron chi connectivity index (χ2n) is 14.0. The Morgan fingerprint density at radius 2 is 1.47 bits per heavy atom. The third kappa shape index (κ3) is 11.7. The molecule has 36 heavy (non-hydrogen) atoms. The Kier molecular flexibility index (Phi) is 11.2. The number of ether oxygens (including phenoxy) is 1. The Balaban J connectivity index is 2.61. The lowest BCUT2D eigenvalue weighted by Crippen LogP contribution is -2.58. The molecule has 0 aromatic heterocycles. The fraction of sp³-hybridized carbons (Fsp3) is 0.767. The van der Waals surface area contributed by atoms with Gasteiger partial charge >= 0.3 is 5.97 Å². The number of carbonyl (C=O) groups is 1. The maximum Gasteiger partial charge on any atom is 0.326 e. The van der Waals surface area contributed by atoms with Crippen LogP contribution < -0.4 is 16.4 Å². The van der Waals surface area contributed by atoms with Crippen molar-refractivity contribution in [3.63, 3.8) is 0 Å². The zero-order valence-electron chi connectivity index (χ0n) is 25.3. The van der Waals surface area contributed by atoms with Crippen molar-refractivity contribution in [2.75, 3.05) is 20.6 Å². The van der Waals surface area contributed by atoms with E-state index in [1.165, 1.54) is 0 Å². The van der Waals surface area contributed by atoms with Crippen LogP contribution >= 0.6 is 0 Å². The first-order valence-corrected chi connectivity index (χ1v) is 13.4. The SMILES string of the molecule is CC(CNC(C)(C)CC(C)(N)C(=O)OCc1ccccc1)CC(C)(C)NC(C)(C)CC(C)(C)N(C)C. The van der Waals surface area contributed by atoms with Gasteiger partial charge in [-0.05, 0) is 114 Å². The number of nitrogens with two attached hydrogens (primary N) is 1. The van der Waals surface area contributed by atoms with Crippen molar-refractivity contribution in [2.24, 2.45) is 11.7 Å². The molecule has 0 aliphatic carbocycles. The monoisotopic (exact) mass is 504 g/mol. The highest BCUT2D eigenvalue weighted by Gasteiger charge is 2.38. The van der Waals surface area contributed by atoms with Gasteiger partial charge in [-0.1, -0.05) is 37.3 Å². The summed E-state index contributed by atoms with van der Waals surface area (Å²) in [6.45, 7) is 23.1. The summed E-state index contributed by atoms with van der Waals surface area (Å²) in [7, 11) is 4.29. The van der Waals surface area contributed by atoms with E-state index in [9.17, 15) is 4.79 Å². The predicted octanol–water partition coefficient (Wildman–Crippen LogP) is 5.11. The van der Waals surface area contributed by atoms with Crippen LogP contribution in [-0.2, 0) is 16.1 Å². The summed E-state index contributed by atoms with van der Waals surface area (Å²) in [6.07, 6.45) is 2.56. The van der Waals surface area contributed by atoms with E-state index in [2.05, 4.69) is 91.9 Å². The molecule has 1 aromatic rings. The molecule has 0 radical (unpaired) electrons.